The SMILES string of the molecule is Cc1[nH]nc(C(=O)NNC(=O)C(C)Oc2ccc3ccccc3c2)c1Br. The highest BCUT2D eigenvalue weighted by Crippen LogP contribution is 2.21. The lowest BCUT2D eigenvalue weighted by atomic mass is 10.1. The smallest absolute Gasteiger partial charge is 0.291 e. The number of aromatic nitrogens is 2. The van der Waals surface area contributed by atoms with E-state index in [1.807, 2.05) is 36.4 Å². The molecule has 0 saturated heterocycles. The summed E-state index contributed by atoms with van der Waals surface area (Å²) in [6.07, 6.45) is -0.791. The fraction of sp³-hybridized carbons (Fsp3) is 0.167. The molecule has 8 heteroatoms. The number of nitrogens with zero attached hydrogens (tertiary/aromatic N) is 1. The molecule has 0 bridgehead atoms. The Kier molecular flexibility index (Phi) is 5.22. The van der Waals surface area contributed by atoms with Gasteiger partial charge in [-0.05, 0) is 52.7 Å². The highest BCUT2D eigenvalue weighted by molar-refractivity contribution is 9.10. The summed E-state index contributed by atoms with van der Waals surface area (Å²) in [5.74, 6) is -0.439. The molecular formula is C18H17BrN4O3. The summed E-state index contributed by atoms with van der Waals surface area (Å²) in [6.45, 7) is 3.37. The highest BCUT2D eigenvalue weighted by atomic mass is 79.9. The van der Waals surface area contributed by atoms with Crippen LogP contribution in [0, 0.1) is 6.92 Å². The van der Waals surface area contributed by atoms with E-state index in [1.165, 1.54) is 0 Å². The van der Waals surface area contributed by atoms with E-state index in [0.29, 0.717) is 10.2 Å². The molecule has 0 fully saturated rings. The van der Waals surface area contributed by atoms with Gasteiger partial charge in [-0.1, -0.05) is 30.3 Å². The third-order valence-corrected chi connectivity index (χ3v) is 4.76. The van der Waals surface area contributed by atoms with E-state index < -0.39 is 17.9 Å². The van der Waals surface area contributed by atoms with Gasteiger partial charge in [0.25, 0.3) is 11.8 Å². The Morgan fingerprint density at radius 3 is 2.58 bits per heavy atom. The summed E-state index contributed by atoms with van der Waals surface area (Å²) in [4.78, 5) is 24.2. The van der Waals surface area contributed by atoms with Crippen molar-refractivity contribution < 1.29 is 14.3 Å². The number of halogens is 1. The van der Waals surface area contributed by atoms with Crippen LogP contribution in [0.15, 0.2) is 46.9 Å². The second-order valence-electron chi connectivity index (χ2n) is 5.72. The number of hydrogen-bond donors (Lipinski definition) is 3. The van der Waals surface area contributed by atoms with Crippen LogP contribution in [0.2, 0.25) is 0 Å². The number of H-pyrrole nitrogens is 1. The van der Waals surface area contributed by atoms with Crippen LogP contribution in [-0.4, -0.2) is 28.1 Å². The molecular weight excluding hydrogens is 400 g/mol. The highest BCUT2D eigenvalue weighted by Gasteiger charge is 2.19. The van der Waals surface area contributed by atoms with E-state index in [0.717, 1.165) is 16.5 Å². The van der Waals surface area contributed by atoms with Crippen LogP contribution in [0.1, 0.15) is 23.1 Å². The summed E-state index contributed by atoms with van der Waals surface area (Å²) >= 11 is 3.26. The number of nitrogens with one attached hydrogen (secondary N) is 3. The minimum absolute atomic E-state index is 0.158. The summed E-state index contributed by atoms with van der Waals surface area (Å²) in [5, 5.41) is 8.65. The number of rotatable bonds is 4. The predicted octanol–water partition coefficient (Wildman–Crippen LogP) is 2.86. The fourth-order valence-corrected chi connectivity index (χ4v) is 2.70. The molecule has 0 aliphatic carbocycles. The van der Waals surface area contributed by atoms with E-state index in [4.69, 9.17) is 4.74 Å². The molecule has 2 aromatic carbocycles. The normalized spacial score (nSPS) is 11.8. The van der Waals surface area contributed by atoms with Crippen molar-refractivity contribution in [3.8, 4) is 5.75 Å². The number of aryl methyl sites for hydroxylation is 1. The second kappa shape index (κ2) is 7.57. The molecule has 0 radical (unpaired) electrons. The largest absolute Gasteiger partial charge is 0.481 e. The third-order valence-electron chi connectivity index (χ3n) is 3.79. The summed E-state index contributed by atoms with van der Waals surface area (Å²) in [6, 6.07) is 13.5. The van der Waals surface area contributed by atoms with E-state index in [9.17, 15) is 9.59 Å². The van der Waals surface area contributed by atoms with Gasteiger partial charge in [0, 0.05) is 5.69 Å². The molecule has 7 nitrogen and oxygen atoms in total. The lowest BCUT2D eigenvalue weighted by Crippen LogP contribution is -2.47. The average Bonchev–Trinajstić information content (AvgIpc) is 2.98. The molecule has 1 heterocycles. The summed E-state index contributed by atoms with van der Waals surface area (Å²) in [5.41, 5.74) is 5.53. The Morgan fingerprint density at radius 2 is 1.88 bits per heavy atom. The van der Waals surface area contributed by atoms with Crippen LogP contribution < -0.4 is 15.6 Å². The monoisotopic (exact) mass is 416 g/mol. The lowest BCUT2D eigenvalue weighted by Gasteiger charge is -2.15. The molecule has 3 aromatic rings. The Balaban J connectivity index is 1.58. The topological polar surface area (TPSA) is 96.1 Å². The number of ether oxygens (including phenoxy) is 1. The van der Waals surface area contributed by atoms with Gasteiger partial charge < -0.3 is 4.74 Å². The van der Waals surface area contributed by atoms with Crippen LogP contribution in [0.25, 0.3) is 10.8 Å². The maximum atomic E-state index is 12.1. The number of carbonyl (C=O) groups is 2. The van der Waals surface area contributed by atoms with Gasteiger partial charge in [0.2, 0.25) is 0 Å². The quantitative estimate of drug-likeness (QED) is 0.569. The minimum Gasteiger partial charge on any atom is -0.481 e. The Bertz CT molecular complexity index is 970. The molecule has 1 unspecified atom stereocenters. The number of hydrazine groups is 1. The van der Waals surface area contributed by atoms with E-state index in [2.05, 4.69) is 37.0 Å². The van der Waals surface area contributed by atoms with E-state index in [-0.39, 0.29) is 5.69 Å². The predicted molar refractivity (Wildman–Crippen MR) is 101 cm³/mol. The maximum absolute atomic E-state index is 12.1. The first kappa shape index (κ1) is 17.9. The van der Waals surface area contributed by atoms with Gasteiger partial charge >= 0.3 is 0 Å². The van der Waals surface area contributed by atoms with Crippen molar-refractivity contribution in [3.63, 3.8) is 0 Å². The standard InChI is InChI=1S/C18H17BrN4O3/c1-10-15(19)16(21-20-10)18(25)23-22-17(24)11(2)26-14-8-7-12-5-3-4-6-13(12)9-14/h3-9,11H,1-2H3,(H,20,21)(H,22,24)(H,23,25). The number of amides is 2. The van der Waals surface area contributed by atoms with Gasteiger partial charge in [0.05, 0.1) is 4.47 Å². The average molecular weight is 417 g/mol. The van der Waals surface area contributed by atoms with E-state index >= 15 is 0 Å². The molecule has 0 aliphatic heterocycles. The maximum Gasteiger partial charge on any atom is 0.291 e. The number of benzene rings is 2. The summed E-state index contributed by atoms with van der Waals surface area (Å²) in [7, 11) is 0. The van der Waals surface area contributed by atoms with Crippen LogP contribution in [0.4, 0.5) is 0 Å². The minimum atomic E-state index is -0.791. The van der Waals surface area contributed by atoms with Crippen LogP contribution in [-0.2, 0) is 4.79 Å². The van der Waals surface area contributed by atoms with Crippen molar-refractivity contribution in [2.75, 3.05) is 0 Å². The fourth-order valence-electron chi connectivity index (χ4n) is 2.34. The molecule has 3 rings (SSSR count). The van der Waals surface area contributed by atoms with Gasteiger partial charge in [-0.2, -0.15) is 5.10 Å². The first-order valence-electron chi connectivity index (χ1n) is 7.92. The molecule has 134 valence electrons. The molecule has 1 aromatic heterocycles. The second-order valence-corrected chi connectivity index (χ2v) is 6.52. The van der Waals surface area contributed by atoms with Gasteiger partial charge in [-0.25, -0.2) is 0 Å². The van der Waals surface area contributed by atoms with Crippen LogP contribution >= 0.6 is 15.9 Å². The van der Waals surface area contributed by atoms with Crippen molar-refractivity contribution in [1.29, 1.82) is 0 Å². The molecule has 1 atom stereocenters. The first-order chi connectivity index (χ1) is 12.5. The van der Waals surface area contributed by atoms with E-state index in [1.54, 1.807) is 19.9 Å². The zero-order valence-corrected chi connectivity index (χ0v) is 15.8. The zero-order valence-electron chi connectivity index (χ0n) is 14.2. The van der Waals surface area contributed by atoms with Crippen molar-refractivity contribution in [3.05, 3.63) is 58.3 Å². The molecule has 3 N–H and O–H groups in total. The molecule has 0 aliphatic rings. The van der Waals surface area contributed by atoms with Crippen LogP contribution in [0.5, 0.6) is 5.75 Å². The lowest BCUT2D eigenvalue weighted by molar-refractivity contribution is -0.128. The van der Waals surface area contributed by atoms with Gasteiger partial charge in [-0.15, -0.1) is 0 Å². The van der Waals surface area contributed by atoms with Gasteiger partial charge in [0.1, 0.15) is 5.75 Å². The van der Waals surface area contributed by atoms with Crippen LogP contribution in [0.3, 0.4) is 0 Å². The van der Waals surface area contributed by atoms with Gasteiger partial charge in [0.15, 0.2) is 11.8 Å². The number of carbonyl (C=O) groups excluding carboxylic acids is 2. The number of aromatic amines is 1. The molecule has 0 saturated carbocycles. The molecule has 2 amide bonds. The summed E-state index contributed by atoms with van der Waals surface area (Å²) < 4.78 is 6.20. The Labute approximate surface area is 158 Å². The van der Waals surface area contributed by atoms with Crippen molar-refractivity contribution in [2.24, 2.45) is 0 Å². The van der Waals surface area contributed by atoms with Crippen molar-refractivity contribution in [1.82, 2.24) is 21.0 Å². The molecule has 0 spiro atoms. The number of fused-ring (bicyclic) bond motifs is 1. The third kappa shape index (κ3) is 3.85. The number of hydrogen-bond acceptors (Lipinski definition) is 4. The Hall–Kier alpha value is -2.87. The van der Waals surface area contributed by atoms with Crippen molar-refractivity contribution >= 4 is 38.5 Å². The molecule has 26 heavy (non-hydrogen) atoms. The first-order valence-corrected chi connectivity index (χ1v) is 8.71. The van der Waals surface area contributed by atoms with Gasteiger partial charge in [-0.3, -0.25) is 25.5 Å². The van der Waals surface area contributed by atoms with Crippen molar-refractivity contribution in [2.45, 2.75) is 20.0 Å². The zero-order chi connectivity index (χ0) is 18.7. The Morgan fingerprint density at radius 1 is 1.15 bits per heavy atom.